The van der Waals surface area contributed by atoms with Crippen LogP contribution in [0.15, 0.2) is 24.3 Å². The molecule has 0 saturated heterocycles. The second-order valence-electron chi connectivity index (χ2n) is 5.73. The molecule has 88 valence electrons. The molecule has 0 amide bonds. The SMILES string of the molecule is COc1ccc(C23CCC4CC2C3C4=O)cc1. The van der Waals surface area contributed by atoms with Crippen LogP contribution in [0.25, 0.3) is 0 Å². The number of rotatable bonds is 2. The standard InChI is InChI=1S/C15H16O2/c1-17-11-4-2-10(3-5-11)15-7-6-9-8-12(15)13(15)14(9)16/h2-5,9,12-13H,6-8H2,1H3. The first-order valence-electron chi connectivity index (χ1n) is 6.45. The molecule has 4 saturated carbocycles. The fraction of sp³-hybridized carbons (Fsp3) is 0.533. The molecule has 4 atom stereocenters. The lowest BCUT2D eigenvalue weighted by Crippen LogP contribution is -2.30. The van der Waals surface area contributed by atoms with Gasteiger partial charge in [0.15, 0.2) is 0 Å². The van der Waals surface area contributed by atoms with Gasteiger partial charge in [-0.25, -0.2) is 0 Å². The Bertz CT molecular complexity index is 490. The van der Waals surface area contributed by atoms with Crippen molar-refractivity contribution < 1.29 is 9.53 Å². The van der Waals surface area contributed by atoms with Gasteiger partial charge in [-0.2, -0.15) is 0 Å². The maximum absolute atomic E-state index is 12.1. The van der Waals surface area contributed by atoms with Gasteiger partial charge >= 0.3 is 0 Å². The molecule has 0 radical (unpaired) electrons. The number of ketones is 1. The van der Waals surface area contributed by atoms with Crippen molar-refractivity contribution in [3.63, 3.8) is 0 Å². The number of carbonyl (C=O) groups excluding carboxylic acids is 1. The summed E-state index contributed by atoms with van der Waals surface area (Å²) in [5.74, 6) is 2.87. The highest BCUT2D eigenvalue weighted by Gasteiger charge is 2.75. The van der Waals surface area contributed by atoms with E-state index in [1.807, 2.05) is 12.1 Å². The number of hydrogen-bond donors (Lipinski definition) is 0. The Balaban J connectivity index is 1.73. The van der Waals surface area contributed by atoms with Crippen LogP contribution >= 0.6 is 0 Å². The van der Waals surface area contributed by atoms with Gasteiger partial charge in [-0.3, -0.25) is 4.79 Å². The summed E-state index contributed by atoms with van der Waals surface area (Å²) in [6.07, 6.45) is 3.47. The van der Waals surface area contributed by atoms with Crippen molar-refractivity contribution in [3.8, 4) is 5.75 Å². The van der Waals surface area contributed by atoms with E-state index in [1.54, 1.807) is 7.11 Å². The van der Waals surface area contributed by atoms with E-state index in [2.05, 4.69) is 12.1 Å². The Morgan fingerprint density at radius 1 is 1.29 bits per heavy atom. The largest absolute Gasteiger partial charge is 0.497 e. The van der Waals surface area contributed by atoms with E-state index in [4.69, 9.17) is 4.74 Å². The molecule has 17 heavy (non-hydrogen) atoms. The minimum atomic E-state index is 0.220. The van der Waals surface area contributed by atoms with Crippen molar-refractivity contribution in [2.45, 2.75) is 24.7 Å². The van der Waals surface area contributed by atoms with Crippen LogP contribution < -0.4 is 4.74 Å². The van der Waals surface area contributed by atoms with Crippen LogP contribution in [0.2, 0.25) is 0 Å². The first kappa shape index (κ1) is 9.69. The first-order valence-corrected chi connectivity index (χ1v) is 6.45. The molecule has 0 aromatic heterocycles. The average Bonchev–Trinajstić information content (AvgIpc) is 2.98. The van der Waals surface area contributed by atoms with Gasteiger partial charge in [0.2, 0.25) is 0 Å². The quantitative estimate of drug-likeness (QED) is 0.777. The molecule has 2 nitrogen and oxygen atoms in total. The lowest BCUT2D eigenvalue weighted by atomic mass is 9.72. The minimum Gasteiger partial charge on any atom is -0.497 e. The summed E-state index contributed by atoms with van der Waals surface area (Å²) in [5.41, 5.74) is 1.58. The van der Waals surface area contributed by atoms with Gasteiger partial charge in [-0.15, -0.1) is 0 Å². The molecule has 0 spiro atoms. The molecule has 0 aliphatic heterocycles. The van der Waals surface area contributed by atoms with Crippen molar-refractivity contribution in [1.29, 1.82) is 0 Å². The number of hydrogen-bond acceptors (Lipinski definition) is 2. The molecular formula is C15H16O2. The third-order valence-electron chi connectivity index (χ3n) is 5.29. The highest BCUT2D eigenvalue weighted by atomic mass is 16.5. The summed E-state index contributed by atoms with van der Waals surface area (Å²) in [4.78, 5) is 12.1. The van der Waals surface area contributed by atoms with Crippen molar-refractivity contribution >= 4 is 5.78 Å². The molecule has 1 aromatic carbocycles. The number of methoxy groups -OCH3 is 1. The molecular weight excluding hydrogens is 212 g/mol. The minimum absolute atomic E-state index is 0.220. The second kappa shape index (κ2) is 2.92. The third kappa shape index (κ3) is 0.998. The number of carbonyl (C=O) groups is 1. The Hall–Kier alpha value is -1.31. The third-order valence-corrected chi connectivity index (χ3v) is 5.29. The topological polar surface area (TPSA) is 26.3 Å². The van der Waals surface area contributed by atoms with Crippen LogP contribution in [-0.4, -0.2) is 12.9 Å². The summed E-state index contributed by atoms with van der Waals surface area (Å²) >= 11 is 0. The Kier molecular flexibility index (Phi) is 1.67. The molecule has 4 unspecified atom stereocenters. The van der Waals surface area contributed by atoms with Gasteiger partial charge < -0.3 is 4.74 Å². The molecule has 1 aromatic rings. The van der Waals surface area contributed by atoms with Crippen LogP contribution in [0.5, 0.6) is 5.75 Å². The monoisotopic (exact) mass is 228 g/mol. The second-order valence-corrected chi connectivity index (χ2v) is 5.73. The fourth-order valence-electron chi connectivity index (χ4n) is 4.45. The van der Waals surface area contributed by atoms with E-state index in [9.17, 15) is 4.79 Å². The van der Waals surface area contributed by atoms with Gasteiger partial charge in [0, 0.05) is 17.3 Å². The van der Waals surface area contributed by atoms with E-state index >= 15 is 0 Å². The number of ether oxygens (including phenoxy) is 1. The lowest BCUT2D eigenvalue weighted by molar-refractivity contribution is -0.125. The van der Waals surface area contributed by atoms with E-state index in [0.29, 0.717) is 23.5 Å². The number of Topliss-reactive ketones (excluding diaryl/α,β-unsaturated/α-hetero) is 1. The van der Waals surface area contributed by atoms with Crippen molar-refractivity contribution in [3.05, 3.63) is 29.8 Å². The van der Waals surface area contributed by atoms with E-state index in [1.165, 1.54) is 12.0 Å². The number of benzene rings is 1. The van der Waals surface area contributed by atoms with Gasteiger partial charge in [0.05, 0.1) is 7.11 Å². The zero-order valence-corrected chi connectivity index (χ0v) is 9.98. The normalized spacial score (nSPS) is 41.5. The van der Waals surface area contributed by atoms with Crippen molar-refractivity contribution in [1.82, 2.24) is 0 Å². The fourth-order valence-corrected chi connectivity index (χ4v) is 4.45. The molecule has 4 bridgehead atoms. The summed E-state index contributed by atoms with van der Waals surface area (Å²) < 4.78 is 5.19. The van der Waals surface area contributed by atoms with Crippen LogP contribution in [0.4, 0.5) is 0 Å². The molecule has 5 rings (SSSR count). The Morgan fingerprint density at radius 3 is 2.65 bits per heavy atom. The van der Waals surface area contributed by atoms with Gasteiger partial charge in [0.1, 0.15) is 11.5 Å². The van der Waals surface area contributed by atoms with Crippen LogP contribution in [-0.2, 0) is 10.2 Å². The summed E-state index contributed by atoms with van der Waals surface area (Å²) in [6, 6.07) is 8.36. The molecule has 4 fully saturated rings. The van der Waals surface area contributed by atoms with Gasteiger partial charge in [-0.1, -0.05) is 12.1 Å². The molecule has 2 heteroatoms. The van der Waals surface area contributed by atoms with Crippen LogP contribution in [0, 0.1) is 17.8 Å². The Morgan fingerprint density at radius 2 is 2.06 bits per heavy atom. The maximum Gasteiger partial charge on any atom is 0.140 e. The zero-order chi connectivity index (χ0) is 11.6. The van der Waals surface area contributed by atoms with E-state index < -0.39 is 0 Å². The average molecular weight is 228 g/mol. The maximum atomic E-state index is 12.1. The van der Waals surface area contributed by atoms with Gasteiger partial charge in [-0.05, 0) is 42.9 Å². The van der Waals surface area contributed by atoms with Gasteiger partial charge in [0.25, 0.3) is 0 Å². The van der Waals surface area contributed by atoms with Crippen LogP contribution in [0.1, 0.15) is 24.8 Å². The summed E-state index contributed by atoms with van der Waals surface area (Å²) in [5, 5.41) is 0. The van der Waals surface area contributed by atoms with E-state index in [0.717, 1.165) is 18.6 Å². The smallest absolute Gasteiger partial charge is 0.140 e. The van der Waals surface area contributed by atoms with Crippen molar-refractivity contribution in [2.24, 2.45) is 17.8 Å². The summed E-state index contributed by atoms with van der Waals surface area (Å²) in [6.45, 7) is 0. The summed E-state index contributed by atoms with van der Waals surface area (Å²) in [7, 11) is 1.69. The molecule has 0 N–H and O–H groups in total. The molecule has 0 heterocycles. The zero-order valence-electron chi connectivity index (χ0n) is 9.98. The Labute approximate surface area is 101 Å². The lowest BCUT2D eigenvalue weighted by Gasteiger charge is -2.31. The predicted octanol–water partition coefficient (Wildman–Crippen LogP) is 2.56. The highest BCUT2D eigenvalue weighted by Crippen LogP contribution is 2.73. The van der Waals surface area contributed by atoms with E-state index in [-0.39, 0.29) is 5.41 Å². The predicted molar refractivity (Wildman–Crippen MR) is 64.0 cm³/mol. The molecule has 4 aliphatic carbocycles. The van der Waals surface area contributed by atoms with Crippen LogP contribution in [0.3, 0.4) is 0 Å². The number of fused-ring (bicyclic) bond motifs is 1. The first-order chi connectivity index (χ1) is 8.27. The highest BCUT2D eigenvalue weighted by molar-refractivity contribution is 5.93. The molecule has 4 aliphatic rings. The van der Waals surface area contributed by atoms with Crippen molar-refractivity contribution in [2.75, 3.05) is 7.11 Å².